The number of rotatable bonds is 4. The molecule has 94 valence electrons. The number of carbonyl (C=O) groups excluding carboxylic acids is 1. The molecule has 0 saturated heterocycles. The molecule has 2 rings (SSSR count). The molecule has 1 aromatic heterocycles. The van der Waals surface area contributed by atoms with Crippen molar-refractivity contribution in [2.24, 2.45) is 7.05 Å². The quantitative estimate of drug-likeness (QED) is 0.878. The van der Waals surface area contributed by atoms with E-state index >= 15 is 0 Å². The molecular weight excluding hydrogens is 273 g/mol. The number of nitrogens with one attached hydrogen (secondary N) is 1. The van der Waals surface area contributed by atoms with E-state index in [1.54, 1.807) is 35.2 Å². The van der Waals surface area contributed by atoms with E-state index in [1.807, 2.05) is 7.05 Å². The van der Waals surface area contributed by atoms with Gasteiger partial charge in [-0.2, -0.15) is 0 Å². The number of aryl methyl sites for hydroxylation is 1. The molecule has 0 aliphatic rings. The lowest BCUT2D eigenvalue weighted by Gasteiger charge is -2.06. The Labute approximate surface area is 115 Å². The van der Waals surface area contributed by atoms with Crippen molar-refractivity contribution in [3.63, 3.8) is 0 Å². The highest BCUT2D eigenvalue weighted by molar-refractivity contribution is 6.42. The van der Waals surface area contributed by atoms with Crippen LogP contribution >= 0.6 is 23.2 Å². The van der Waals surface area contributed by atoms with Gasteiger partial charge >= 0.3 is 0 Å². The van der Waals surface area contributed by atoms with Crippen molar-refractivity contribution in [3.05, 3.63) is 46.2 Å². The summed E-state index contributed by atoms with van der Waals surface area (Å²) >= 11 is 11.7. The predicted octanol–water partition coefficient (Wildman–Crippen LogP) is 3.02. The fourth-order valence-corrected chi connectivity index (χ4v) is 1.77. The first-order chi connectivity index (χ1) is 8.58. The summed E-state index contributed by atoms with van der Waals surface area (Å²) in [7, 11) is 1.85. The third-order valence-electron chi connectivity index (χ3n) is 2.47. The molecule has 18 heavy (non-hydrogen) atoms. The molecule has 0 unspecified atom stereocenters. The fraction of sp³-hybridized carbons (Fsp3) is 0.167. The van der Waals surface area contributed by atoms with Crippen LogP contribution < -0.4 is 5.32 Å². The highest BCUT2D eigenvalue weighted by atomic mass is 35.5. The number of benzene rings is 1. The van der Waals surface area contributed by atoms with E-state index in [0.29, 0.717) is 21.6 Å². The number of ketones is 1. The van der Waals surface area contributed by atoms with Gasteiger partial charge in [-0.15, -0.1) is 0 Å². The van der Waals surface area contributed by atoms with Crippen LogP contribution in [0, 0.1) is 0 Å². The summed E-state index contributed by atoms with van der Waals surface area (Å²) in [6.45, 7) is 0.156. The maximum atomic E-state index is 11.9. The number of halogens is 2. The summed E-state index contributed by atoms with van der Waals surface area (Å²) in [5, 5.41) is 3.76. The summed E-state index contributed by atoms with van der Waals surface area (Å²) in [4.78, 5) is 16.0. The van der Waals surface area contributed by atoms with E-state index in [9.17, 15) is 4.79 Å². The molecule has 1 heterocycles. The predicted molar refractivity (Wildman–Crippen MR) is 72.5 cm³/mol. The number of imidazole rings is 1. The van der Waals surface area contributed by atoms with Gasteiger partial charge in [0.2, 0.25) is 5.95 Å². The first-order valence-corrected chi connectivity index (χ1v) is 6.03. The second-order valence-corrected chi connectivity index (χ2v) is 4.58. The molecule has 4 nitrogen and oxygen atoms in total. The number of anilines is 1. The largest absolute Gasteiger partial charge is 0.348 e. The average Bonchev–Trinajstić information content (AvgIpc) is 2.75. The van der Waals surface area contributed by atoms with Gasteiger partial charge in [0.1, 0.15) is 0 Å². The number of aromatic nitrogens is 2. The van der Waals surface area contributed by atoms with Crippen molar-refractivity contribution in [3.8, 4) is 0 Å². The number of Topliss-reactive ketones (excluding diaryl/α,β-unsaturated/α-hetero) is 1. The molecule has 1 N–H and O–H groups in total. The molecule has 0 amide bonds. The second kappa shape index (κ2) is 5.42. The SMILES string of the molecule is Cn1ccnc1NCC(=O)c1ccc(Cl)c(Cl)c1. The molecule has 0 aliphatic heterocycles. The zero-order chi connectivity index (χ0) is 13.1. The van der Waals surface area contributed by atoms with Crippen molar-refractivity contribution in [1.29, 1.82) is 0 Å². The van der Waals surface area contributed by atoms with Crippen molar-refractivity contribution in [2.45, 2.75) is 0 Å². The Balaban J connectivity index is 2.04. The smallest absolute Gasteiger partial charge is 0.202 e. The normalized spacial score (nSPS) is 10.4. The Morgan fingerprint density at radius 1 is 1.39 bits per heavy atom. The highest BCUT2D eigenvalue weighted by Gasteiger charge is 2.09. The standard InChI is InChI=1S/C12H11Cl2N3O/c1-17-5-4-15-12(17)16-7-11(18)8-2-3-9(13)10(14)6-8/h2-6H,7H2,1H3,(H,15,16). The van der Waals surface area contributed by atoms with Crippen LogP contribution in [-0.4, -0.2) is 21.9 Å². The topological polar surface area (TPSA) is 46.9 Å². The third kappa shape index (κ3) is 2.83. The minimum absolute atomic E-state index is 0.0726. The molecule has 0 bridgehead atoms. The van der Waals surface area contributed by atoms with Crippen LogP contribution in [0.3, 0.4) is 0 Å². The van der Waals surface area contributed by atoms with E-state index < -0.39 is 0 Å². The lowest BCUT2D eigenvalue weighted by molar-refractivity contribution is 0.101. The van der Waals surface area contributed by atoms with Gasteiger partial charge in [-0.05, 0) is 18.2 Å². The minimum Gasteiger partial charge on any atom is -0.348 e. The zero-order valence-corrected chi connectivity index (χ0v) is 11.2. The van der Waals surface area contributed by atoms with Gasteiger partial charge in [0.05, 0.1) is 16.6 Å². The van der Waals surface area contributed by atoms with Gasteiger partial charge in [-0.3, -0.25) is 4.79 Å². The van der Waals surface area contributed by atoms with Crippen LogP contribution in [0.4, 0.5) is 5.95 Å². The Bertz CT molecular complexity index is 580. The molecule has 1 aromatic carbocycles. The molecular formula is C12H11Cl2N3O. The lowest BCUT2D eigenvalue weighted by Crippen LogP contribution is -2.16. The maximum Gasteiger partial charge on any atom is 0.202 e. The maximum absolute atomic E-state index is 11.9. The molecule has 0 aliphatic carbocycles. The monoisotopic (exact) mass is 283 g/mol. The summed E-state index contributed by atoms with van der Waals surface area (Å²) in [5.74, 6) is 0.569. The Kier molecular flexibility index (Phi) is 3.89. The van der Waals surface area contributed by atoms with Crippen LogP contribution in [0.5, 0.6) is 0 Å². The molecule has 0 atom stereocenters. The first kappa shape index (κ1) is 12.9. The second-order valence-electron chi connectivity index (χ2n) is 3.77. The summed E-state index contributed by atoms with van der Waals surface area (Å²) in [6.07, 6.45) is 3.46. The van der Waals surface area contributed by atoms with Crippen molar-refractivity contribution in [2.75, 3.05) is 11.9 Å². The lowest BCUT2D eigenvalue weighted by atomic mass is 10.1. The summed E-state index contributed by atoms with van der Waals surface area (Å²) < 4.78 is 1.79. The fourth-order valence-electron chi connectivity index (χ4n) is 1.47. The van der Waals surface area contributed by atoms with Gasteiger partial charge < -0.3 is 9.88 Å². The third-order valence-corrected chi connectivity index (χ3v) is 3.21. The number of hydrogen-bond donors (Lipinski definition) is 1. The molecule has 6 heteroatoms. The number of carbonyl (C=O) groups is 1. The highest BCUT2D eigenvalue weighted by Crippen LogP contribution is 2.22. The first-order valence-electron chi connectivity index (χ1n) is 5.27. The van der Waals surface area contributed by atoms with Gasteiger partial charge in [0.15, 0.2) is 5.78 Å². The Morgan fingerprint density at radius 2 is 2.17 bits per heavy atom. The Morgan fingerprint density at radius 3 is 2.78 bits per heavy atom. The van der Waals surface area contributed by atoms with E-state index in [1.165, 1.54) is 0 Å². The summed E-state index contributed by atoms with van der Waals surface area (Å²) in [5.41, 5.74) is 0.520. The van der Waals surface area contributed by atoms with E-state index in [4.69, 9.17) is 23.2 Å². The zero-order valence-electron chi connectivity index (χ0n) is 9.65. The van der Waals surface area contributed by atoms with E-state index in [2.05, 4.69) is 10.3 Å². The van der Waals surface area contributed by atoms with E-state index in [-0.39, 0.29) is 12.3 Å². The minimum atomic E-state index is -0.0726. The van der Waals surface area contributed by atoms with E-state index in [0.717, 1.165) is 0 Å². The molecule has 0 saturated carbocycles. The molecule has 2 aromatic rings. The van der Waals surface area contributed by atoms with Crippen LogP contribution in [0.2, 0.25) is 10.0 Å². The molecule has 0 spiro atoms. The number of hydrogen-bond acceptors (Lipinski definition) is 3. The van der Waals surface area contributed by atoms with Gasteiger partial charge in [-0.1, -0.05) is 23.2 Å². The van der Waals surface area contributed by atoms with Crippen molar-refractivity contribution >= 4 is 34.9 Å². The molecule has 0 radical (unpaired) electrons. The van der Waals surface area contributed by atoms with Crippen LogP contribution in [-0.2, 0) is 7.05 Å². The van der Waals surface area contributed by atoms with Gasteiger partial charge in [-0.25, -0.2) is 4.98 Å². The molecule has 0 fully saturated rings. The van der Waals surface area contributed by atoms with Crippen molar-refractivity contribution < 1.29 is 4.79 Å². The van der Waals surface area contributed by atoms with Gasteiger partial charge in [0, 0.05) is 25.0 Å². The van der Waals surface area contributed by atoms with Crippen LogP contribution in [0.1, 0.15) is 10.4 Å². The van der Waals surface area contributed by atoms with Crippen LogP contribution in [0.25, 0.3) is 0 Å². The number of nitrogens with zero attached hydrogens (tertiary/aromatic N) is 2. The van der Waals surface area contributed by atoms with Crippen LogP contribution in [0.15, 0.2) is 30.6 Å². The van der Waals surface area contributed by atoms with Crippen molar-refractivity contribution in [1.82, 2.24) is 9.55 Å². The Hall–Kier alpha value is -1.52. The summed E-state index contributed by atoms with van der Waals surface area (Å²) in [6, 6.07) is 4.82. The average molecular weight is 284 g/mol. The van der Waals surface area contributed by atoms with Gasteiger partial charge in [0.25, 0.3) is 0 Å².